The Morgan fingerprint density at radius 2 is 1.80 bits per heavy atom. The molecule has 0 spiro atoms. The van der Waals surface area contributed by atoms with Crippen molar-refractivity contribution in [1.29, 1.82) is 0 Å². The summed E-state index contributed by atoms with van der Waals surface area (Å²) in [4.78, 5) is 24.3. The number of aryl methyl sites for hydroxylation is 1. The van der Waals surface area contributed by atoms with E-state index in [0.717, 1.165) is 5.69 Å². The lowest BCUT2D eigenvalue weighted by Gasteiger charge is -2.21. The molecule has 0 aliphatic heterocycles. The van der Waals surface area contributed by atoms with Crippen molar-refractivity contribution in [3.63, 3.8) is 0 Å². The minimum atomic E-state index is -0.599. The van der Waals surface area contributed by atoms with E-state index in [1.807, 2.05) is 25.1 Å². The zero-order valence-corrected chi connectivity index (χ0v) is 15.3. The molecule has 6 nitrogen and oxygen atoms in total. The molecule has 0 atom stereocenters. The largest absolute Gasteiger partial charge is 0.461 e. The monoisotopic (exact) mass is 344 g/mol. The Morgan fingerprint density at radius 3 is 2.44 bits per heavy atom. The van der Waals surface area contributed by atoms with Crippen molar-refractivity contribution >= 4 is 17.7 Å². The van der Waals surface area contributed by atoms with Crippen LogP contribution in [0.3, 0.4) is 0 Å². The van der Waals surface area contributed by atoms with Crippen molar-refractivity contribution in [3.8, 4) is 5.69 Å². The van der Waals surface area contributed by atoms with E-state index in [1.54, 1.807) is 50.5 Å². The molecular formula is C19H24N2O4. The Labute approximate surface area is 147 Å². The molecule has 0 saturated heterocycles. The Hall–Kier alpha value is -2.76. The number of amides is 1. The molecule has 0 bridgehead atoms. The van der Waals surface area contributed by atoms with Gasteiger partial charge in [0.2, 0.25) is 0 Å². The Morgan fingerprint density at radius 1 is 1.12 bits per heavy atom. The summed E-state index contributed by atoms with van der Waals surface area (Å²) in [6.45, 7) is 9.33. The predicted octanol–water partition coefficient (Wildman–Crippen LogP) is 4.31. The summed E-state index contributed by atoms with van der Waals surface area (Å²) >= 11 is 0. The van der Waals surface area contributed by atoms with E-state index in [9.17, 15) is 9.59 Å². The van der Waals surface area contributed by atoms with E-state index in [4.69, 9.17) is 9.47 Å². The van der Waals surface area contributed by atoms with Gasteiger partial charge in [0.1, 0.15) is 11.3 Å². The normalized spacial score (nSPS) is 11.1. The van der Waals surface area contributed by atoms with Crippen LogP contribution in [0, 0.1) is 6.92 Å². The molecule has 1 amide bonds. The quantitative estimate of drug-likeness (QED) is 0.839. The molecule has 0 fully saturated rings. The van der Waals surface area contributed by atoms with E-state index >= 15 is 0 Å². The number of rotatable bonds is 4. The van der Waals surface area contributed by atoms with Gasteiger partial charge >= 0.3 is 12.1 Å². The third-order valence-electron chi connectivity index (χ3n) is 3.34. The standard InChI is InChI=1S/C19H24N2O4/c1-6-24-17(22)16-12-11-13(2)21(16)15-10-8-7-9-14(15)20-18(23)25-19(3,4)5/h7-12H,6H2,1-5H3,(H,20,23). The molecule has 0 aliphatic carbocycles. The fourth-order valence-corrected chi connectivity index (χ4v) is 2.41. The van der Waals surface area contributed by atoms with E-state index in [0.29, 0.717) is 23.7 Å². The first kappa shape index (κ1) is 18.6. The maximum absolute atomic E-state index is 12.2. The zero-order valence-electron chi connectivity index (χ0n) is 15.3. The van der Waals surface area contributed by atoms with Crippen LogP contribution in [0.2, 0.25) is 0 Å². The smallest absolute Gasteiger partial charge is 0.412 e. The number of aromatic nitrogens is 1. The molecular weight excluding hydrogens is 320 g/mol. The van der Waals surface area contributed by atoms with Gasteiger partial charge in [0, 0.05) is 5.69 Å². The van der Waals surface area contributed by atoms with Crippen molar-refractivity contribution in [2.24, 2.45) is 0 Å². The van der Waals surface area contributed by atoms with Crippen molar-refractivity contribution in [2.75, 3.05) is 11.9 Å². The van der Waals surface area contributed by atoms with Gasteiger partial charge in [-0.25, -0.2) is 9.59 Å². The Bertz CT molecular complexity index is 772. The van der Waals surface area contributed by atoms with Crippen LogP contribution in [0.5, 0.6) is 0 Å². The number of carbonyl (C=O) groups is 2. The minimum Gasteiger partial charge on any atom is -0.461 e. The fourth-order valence-electron chi connectivity index (χ4n) is 2.41. The second kappa shape index (κ2) is 7.42. The number of esters is 1. The summed E-state index contributed by atoms with van der Waals surface area (Å²) in [6, 6.07) is 10.8. The molecule has 0 saturated carbocycles. The summed E-state index contributed by atoms with van der Waals surface area (Å²) in [5.41, 5.74) is 1.86. The van der Waals surface area contributed by atoms with Gasteiger partial charge in [-0.2, -0.15) is 0 Å². The van der Waals surface area contributed by atoms with Gasteiger partial charge in [-0.3, -0.25) is 5.32 Å². The van der Waals surface area contributed by atoms with Gasteiger partial charge in [0.25, 0.3) is 0 Å². The Balaban J connectivity index is 2.40. The topological polar surface area (TPSA) is 69.6 Å². The van der Waals surface area contributed by atoms with Gasteiger partial charge in [0.05, 0.1) is 18.0 Å². The molecule has 2 aromatic rings. The third-order valence-corrected chi connectivity index (χ3v) is 3.34. The number of anilines is 1. The number of hydrogen-bond donors (Lipinski definition) is 1. The van der Waals surface area contributed by atoms with E-state index in [1.165, 1.54) is 0 Å². The second-order valence-corrected chi connectivity index (χ2v) is 6.56. The molecule has 0 aliphatic rings. The summed E-state index contributed by atoms with van der Waals surface area (Å²) in [6.07, 6.45) is -0.553. The van der Waals surface area contributed by atoms with Crippen LogP contribution < -0.4 is 5.32 Å². The van der Waals surface area contributed by atoms with Crippen molar-refractivity contribution < 1.29 is 19.1 Å². The number of benzene rings is 1. The molecule has 0 radical (unpaired) electrons. The summed E-state index contributed by atoms with van der Waals surface area (Å²) in [7, 11) is 0. The third kappa shape index (κ3) is 4.62. The molecule has 1 aromatic carbocycles. The molecule has 1 N–H and O–H groups in total. The van der Waals surface area contributed by atoms with Crippen molar-refractivity contribution in [1.82, 2.24) is 4.57 Å². The van der Waals surface area contributed by atoms with Crippen LogP contribution in [-0.4, -0.2) is 28.8 Å². The maximum atomic E-state index is 12.2. The highest BCUT2D eigenvalue weighted by Crippen LogP contribution is 2.25. The fraction of sp³-hybridized carbons (Fsp3) is 0.368. The van der Waals surface area contributed by atoms with Crippen molar-refractivity contribution in [2.45, 2.75) is 40.2 Å². The van der Waals surface area contributed by atoms with Crippen LogP contribution in [0.25, 0.3) is 5.69 Å². The number of ether oxygens (including phenoxy) is 2. The van der Waals surface area contributed by atoms with Gasteiger partial charge in [0.15, 0.2) is 0 Å². The zero-order chi connectivity index (χ0) is 18.6. The van der Waals surface area contributed by atoms with Crippen LogP contribution in [0.1, 0.15) is 43.9 Å². The minimum absolute atomic E-state index is 0.293. The highest BCUT2D eigenvalue weighted by atomic mass is 16.6. The average Bonchev–Trinajstić information content (AvgIpc) is 2.88. The number of nitrogens with zero attached hydrogens (tertiary/aromatic N) is 1. The van der Waals surface area contributed by atoms with Gasteiger partial charge in [-0.1, -0.05) is 12.1 Å². The number of hydrogen-bond acceptors (Lipinski definition) is 4. The van der Waals surface area contributed by atoms with Crippen molar-refractivity contribution in [3.05, 3.63) is 47.8 Å². The van der Waals surface area contributed by atoms with Gasteiger partial charge in [-0.15, -0.1) is 0 Å². The van der Waals surface area contributed by atoms with Crippen LogP contribution >= 0.6 is 0 Å². The van der Waals surface area contributed by atoms with E-state index < -0.39 is 17.7 Å². The second-order valence-electron chi connectivity index (χ2n) is 6.56. The average molecular weight is 344 g/mol. The molecule has 1 aromatic heterocycles. The number of nitrogens with one attached hydrogen (secondary N) is 1. The first-order chi connectivity index (χ1) is 11.7. The summed E-state index contributed by atoms with van der Waals surface area (Å²) in [5, 5.41) is 2.75. The molecule has 1 heterocycles. The summed E-state index contributed by atoms with van der Waals surface area (Å²) in [5.74, 6) is -0.414. The molecule has 0 unspecified atom stereocenters. The van der Waals surface area contributed by atoms with Gasteiger partial charge in [-0.05, 0) is 58.9 Å². The first-order valence-electron chi connectivity index (χ1n) is 8.18. The molecule has 6 heteroatoms. The lowest BCUT2D eigenvalue weighted by atomic mass is 10.2. The number of para-hydroxylation sites is 2. The molecule has 2 rings (SSSR count). The Kier molecular flexibility index (Phi) is 5.51. The lowest BCUT2D eigenvalue weighted by Crippen LogP contribution is -2.27. The molecule has 25 heavy (non-hydrogen) atoms. The first-order valence-corrected chi connectivity index (χ1v) is 8.18. The number of carbonyl (C=O) groups excluding carboxylic acids is 2. The SMILES string of the molecule is CCOC(=O)c1ccc(C)n1-c1ccccc1NC(=O)OC(C)(C)C. The van der Waals surface area contributed by atoms with Crippen LogP contribution in [0.4, 0.5) is 10.5 Å². The lowest BCUT2D eigenvalue weighted by molar-refractivity contribution is 0.0516. The van der Waals surface area contributed by atoms with Gasteiger partial charge < -0.3 is 14.0 Å². The highest BCUT2D eigenvalue weighted by Gasteiger charge is 2.20. The maximum Gasteiger partial charge on any atom is 0.412 e. The highest BCUT2D eigenvalue weighted by molar-refractivity contribution is 5.91. The van der Waals surface area contributed by atoms with Crippen LogP contribution in [-0.2, 0) is 9.47 Å². The molecule has 134 valence electrons. The van der Waals surface area contributed by atoms with E-state index in [-0.39, 0.29) is 0 Å². The van der Waals surface area contributed by atoms with E-state index in [2.05, 4.69) is 5.32 Å². The predicted molar refractivity (Wildman–Crippen MR) is 96.3 cm³/mol. The van der Waals surface area contributed by atoms with Crippen LogP contribution in [0.15, 0.2) is 36.4 Å². The summed E-state index contributed by atoms with van der Waals surface area (Å²) < 4.78 is 12.2.